The monoisotopic (exact) mass is 259 g/mol. The van der Waals surface area contributed by atoms with Gasteiger partial charge in [0.15, 0.2) is 6.19 Å². The molecule has 0 N–H and O–H groups in total. The Kier molecular flexibility index (Phi) is 9.73. The number of ether oxygens (including phenoxy) is 3. The molecule has 0 aliphatic rings. The molecular formula is C13H28BO4. The fraction of sp³-hybridized carbons (Fsp3) is 1.00. The summed E-state index contributed by atoms with van der Waals surface area (Å²) in [6.07, 6.45) is 0.682. The maximum absolute atomic E-state index is 5.72. The maximum Gasteiger partial charge on any atom is 0.361 e. The highest BCUT2D eigenvalue weighted by atomic mass is 16.7. The largest absolute Gasteiger partial charge is 0.430 e. The minimum atomic E-state index is -0.398. The van der Waals surface area contributed by atoms with Crippen molar-refractivity contribution in [3.05, 3.63) is 0 Å². The van der Waals surface area contributed by atoms with Gasteiger partial charge in [-0.1, -0.05) is 0 Å². The predicted octanol–water partition coefficient (Wildman–Crippen LogP) is 2.57. The van der Waals surface area contributed by atoms with E-state index in [4.69, 9.17) is 18.9 Å². The van der Waals surface area contributed by atoms with Gasteiger partial charge in [-0.3, -0.25) is 0 Å². The summed E-state index contributed by atoms with van der Waals surface area (Å²) in [5, 5.41) is 0. The third kappa shape index (κ3) is 9.89. The van der Waals surface area contributed by atoms with E-state index in [1.54, 1.807) is 7.48 Å². The van der Waals surface area contributed by atoms with E-state index in [-0.39, 0.29) is 11.7 Å². The van der Waals surface area contributed by atoms with E-state index in [1.165, 1.54) is 0 Å². The Labute approximate surface area is 113 Å². The van der Waals surface area contributed by atoms with Crippen LogP contribution < -0.4 is 0 Å². The van der Waals surface area contributed by atoms with Gasteiger partial charge in [-0.05, 0) is 48.0 Å². The zero-order valence-corrected chi connectivity index (χ0v) is 12.7. The van der Waals surface area contributed by atoms with Gasteiger partial charge >= 0.3 is 7.48 Å². The molecule has 0 aliphatic heterocycles. The summed E-state index contributed by atoms with van der Waals surface area (Å²) in [6.45, 7) is 13.9. The third-order valence-corrected chi connectivity index (χ3v) is 2.32. The molecular weight excluding hydrogens is 231 g/mol. The van der Waals surface area contributed by atoms with Crippen molar-refractivity contribution >= 4 is 7.48 Å². The second kappa shape index (κ2) is 9.79. The fourth-order valence-electron chi connectivity index (χ4n) is 1.29. The van der Waals surface area contributed by atoms with Gasteiger partial charge in [-0.2, -0.15) is 0 Å². The van der Waals surface area contributed by atoms with E-state index >= 15 is 0 Å². The Morgan fingerprint density at radius 2 is 1.56 bits per heavy atom. The van der Waals surface area contributed by atoms with Gasteiger partial charge in [0.2, 0.25) is 0 Å². The zero-order valence-electron chi connectivity index (χ0n) is 12.7. The average Bonchev–Trinajstić information content (AvgIpc) is 2.26. The van der Waals surface area contributed by atoms with Crippen molar-refractivity contribution < 1.29 is 18.9 Å². The molecule has 0 heterocycles. The molecule has 107 valence electrons. The summed E-state index contributed by atoms with van der Waals surface area (Å²) < 4.78 is 22.0. The van der Waals surface area contributed by atoms with Crippen LogP contribution in [0.5, 0.6) is 0 Å². The minimum absolute atomic E-state index is 0.254. The van der Waals surface area contributed by atoms with Crippen LogP contribution in [0, 0.1) is 0 Å². The summed E-state index contributed by atoms with van der Waals surface area (Å²) in [4.78, 5) is 0. The molecule has 0 fully saturated rings. The van der Waals surface area contributed by atoms with E-state index < -0.39 is 6.19 Å². The third-order valence-electron chi connectivity index (χ3n) is 2.32. The minimum Gasteiger partial charge on any atom is -0.430 e. The van der Waals surface area contributed by atoms with E-state index in [0.29, 0.717) is 19.8 Å². The summed E-state index contributed by atoms with van der Waals surface area (Å²) in [7, 11) is 1.63. The molecule has 0 bridgehead atoms. The SMILES string of the molecule is CCOC([B]OC(C)(C)CCOC(C)C)OCC. The number of rotatable bonds is 11. The van der Waals surface area contributed by atoms with Crippen molar-refractivity contribution in [2.45, 2.75) is 65.9 Å². The van der Waals surface area contributed by atoms with Crippen molar-refractivity contribution in [2.24, 2.45) is 0 Å². The van der Waals surface area contributed by atoms with Crippen LogP contribution in [-0.2, 0) is 18.9 Å². The zero-order chi connectivity index (χ0) is 14.0. The molecule has 0 amide bonds. The van der Waals surface area contributed by atoms with Crippen molar-refractivity contribution in [1.29, 1.82) is 0 Å². The predicted molar refractivity (Wildman–Crippen MR) is 73.7 cm³/mol. The van der Waals surface area contributed by atoms with Crippen molar-refractivity contribution in [3.63, 3.8) is 0 Å². The Balaban J connectivity index is 3.90. The highest BCUT2D eigenvalue weighted by Gasteiger charge is 2.22. The molecule has 0 saturated carbocycles. The van der Waals surface area contributed by atoms with Gasteiger partial charge in [0.1, 0.15) is 0 Å². The second-order valence-electron chi connectivity index (χ2n) is 4.96. The van der Waals surface area contributed by atoms with Gasteiger partial charge < -0.3 is 18.9 Å². The van der Waals surface area contributed by atoms with E-state index in [2.05, 4.69) is 0 Å². The Hall–Kier alpha value is -0.0951. The maximum atomic E-state index is 5.72. The topological polar surface area (TPSA) is 36.9 Å². The van der Waals surface area contributed by atoms with Crippen LogP contribution >= 0.6 is 0 Å². The molecule has 1 radical (unpaired) electrons. The first-order valence-electron chi connectivity index (χ1n) is 6.77. The molecule has 0 aromatic carbocycles. The smallest absolute Gasteiger partial charge is 0.361 e. The van der Waals surface area contributed by atoms with Crippen LogP contribution in [0.15, 0.2) is 0 Å². The summed E-state index contributed by atoms with van der Waals surface area (Å²) in [6, 6.07) is 0. The molecule has 4 nitrogen and oxygen atoms in total. The van der Waals surface area contributed by atoms with Crippen LogP contribution in [0.25, 0.3) is 0 Å². The Bertz CT molecular complexity index is 191. The quantitative estimate of drug-likeness (QED) is 0.422. The summed E-state index contributed by atoms with van der Waals surface area (Å²) in [5.74, 6) is 0. The highest BCUT2D eigenvalue weighted by Crippen LogP contribution is 2.15. The molecule has 0 aromatic heterocycles. The molecule has 0 atom stereocenters. The molecule has 0 spiro atoms. The number of hydrogen-bond acceptors (Lipinski definition) is 4. The van der Waals surface area contributed by atoms with Crippen molar-refractivity contribution in [3.8, 4) is 0 Å². The van der Waals surface area contributed by atoms with Crippen molar-refractivity contribution in [1.82, 2.24) is 0 Å². The van der Waals surface area contributed by atoms with Gasteiger partial charge in [0.05, 0.1) is 6.10 Å². The normalized spacial score (nSPS) is 12.4. The van der Waals surface area contributed by atoms with Crippen molar-refractivity contribution in [2.75, 3.05) is 19.8 Å². The lowest BCUT2D eigenvalue weighted by Crippen LogP contribution is -2.35. The Morgan fingerprint density at radius 3 is 2.00 bits per heavy atom. The summed E-state index contributed by atoms with van der Waals surface area (Å²) in [5.41, 5.74) is -0.276. The van der Waals surface area contributed by atoms with Gasteiger partial charge in [0, 0.05) is 25.4 Å². The van der Waals surface area contributed by atoms with E-state index in [1.807, 2.05) is 41.5 Å². The van der Waals surface area contributed by atoms with Crippen LogP contribution in [-0.4, -0.2) is 45.2 Å². The first-order chi connectivity index (χ1) is 8.41. The molecule has 18 heavy (non-hydrogen) atoms. The molecule has 0 unspecified atom stereocenters. The lowest BCUT2D eigenvalue weighted by molar-refractivity contribution is -0.0963. The molecule has 0 aliphatic carbocycles. The number of hydrogen-bond donors (Lipinski definition) is 0. The lowest BCUT2D eigenvalue weighted by Gasteiger charge is -2.28. The van der Waals surface area contributed by atoms with Crippen LogP contribution in [0.3, 0.4) is 0 Å². The second-order valence-corrected chi connectivity index (χ2v) is 4.96. The lowest BCUT2D eigenvalue weighted by atomic mass is 9.95. The molecule has 5 heteroatoms. The Morgan fingerprint density at radius 1 is 1.00 bits per heavy atom. The van der Waals surface area contributed by atoms with Crippen LogP contribution in [0.1, 0.15) is 48.0 Å². The van der Waals surface area contributed by atoms with Gasteiger partial charge in [-0.25, -0.2) is 0 Å². The highest BCUT2D eigenvalue weighted by molar-refractivity contribution is 6.28. The molecule has 0 aromatic rings. The first kappa shape index (κ1) is 17.9. The van der Waals surface area contributed by atoms with E-state index in [0.717, 1.165) is 6.42 Å². The molecule has 0 saturated heterocycles. The summed E-state index contributed by atoms with van der Waals surface area (Å²) >= 11 is 0. The fourth-order valence-corrected chi connectivity index (χ4v) is 1.29. The van der Waals surface area contributed by atoms with Gasteiger partial charge in [-0.15, -0.1) is 0 Å². The standard InChI is InChI=1S/C13H28BO4/c1-7-15-12(16-8-2)14-18-13(5,6)9-10-17-11(3)4/h11-12H,7-10H2,1-6H3. The van der Waals surface area contributed by atoms with Crippen LogP contribution in [0.2, 0.25) is 0 Å². The van der Waals surface area contributed by atoms with Crippen LogP contribution in [0.4, 0.5) is 0 Å². The molecule has 0 rings (SSSR count). The first-order valence-corrected chi connectivity index (χ1v) is 6.77. The van der Waals surface area contributed by atoms with E-state index in [9.17, 15) is 0 Å². The average molecular weight is 259 g/mol. The van der Waals surface area contributed by atoms with Gasteiger partial charge in [0.25, 0.3) is 0 Å².